The van der Waals surface area contributed by atoms with Crippen molar-refractivity contribution in [2.24, 2.45) is 5.73 Å². The fourth-order valence-corrected chi connectivity index (χ4v) is 1.52. The molecule has 0 spiro atoms. The van der Waals surface area contributed by atoms with Crippen molar-refractivity contribution in [1.82, 2.24) is 0 Å². The Morgan fingerprint density at radius 2 is 1.94 bits per heavy atom. The van der Waals surface area contributed by atoms with E-state index in [0.717, 1.165) is 6.07 Å². The van der Waals surface area contributed by atoms with E-state index in [1.54, 1.807) is 0 Å². The minimum absolute atomic E-state index is 0.0725. The average Bonchev–Trinajstić information content (AvgIpc) is 2.16. The summed E-state index contributed by atoms with van der Waals surface area (Å²) in [7, 11) is 0. The molecular weight excluding hydrogens is 222 g/mol. The van der Waals surface area contributed by atoms with E-state index in [4.69, 9.17) is 5.73 Å². The predicted octanol–water partition coefficient (Wildman–Crippen LogP) is 3.64. The number of benzene rings is 1. The van der Waals surface area contributed by atoms with Crippen LogP contribution in [0.3, 0.4) is 0 Å². The summed E-state index contributed by atoms with van der Waals surface area (Å²) in [6.07, 6.45) is -3.53. The molecule has 0 aromatic heterocycles. The van der Waals surface area contributed by atoms with Crippen LogP contribution in [0.4, 0.5) is 17.6 Å². The number of nitrogens with two attached hydrogens (primary N) is 1. The lowest BCUT2D eigenvalue weighted by atomic mass is 10.00. The zero-order chi connectivity index (χ0) is 12.3. The van der Waals surface area contributed by atoms with Gasteiger partial charge in [-0.25, -0.2) is 4.39 Å². The highest BCUT2D eigenvalue weighted by Crippen LogP contribution is 2.34. The van der Waals surface area contributed by atoms with Gasteiger partial charge in [0.1, 0.15) is 5.82 Å². The van der Waals surface area contributed by atoms with E-state index < -0.39 is 23.6 Å². The summed E-state index contributed by atoms with van der Waals surface area (Å²) >= 11 is 0. The lowest BCUT2D eigenvalue weighted by Crippen LogP contribution is -2.16. The fraction of sp³-hybridized carbons (Fsp3) is 0.455. The Kier molecular flexibility index (Phi) is 3.91. The van der Waals surface area contributed by atoms with Crippen LogP contribution in [0.1, 0.15) is 36.9 Å². The maximum atomic E-state index is 13.5. The molecular formula is C11H13F4N. The molecule has 1 rings (SSSR count). The molecule has 0 amide bonds. The molecule has 1 aromatic rings. The molecule has 0 saturated heterocycles. The van der Waals surface area contributed by atoms with Gasteiger partial charge in [-0.1, -0.05) is 25.5 Å². The molecule has 0 fully saturated rings. The van der Waals surface area contributed by atoms with E-state index in [1.807, 2.05) is 6.92 Å². The van der Waals surface area contributed by atoms with Gasteiger partial charge in [0.05, 0.1) is 5.56 Å². The molecule has 1 nitrogen and oxygen atoms in total. The first-order chi connectivity index (χ1) is 7.38. The van der Waals surface area contributed by atoms with Crippen LogP contribution in [0.2, 0.25) is 0 Å². The Morgan fingerprint density at radius 1 is 1.31 bits per heavy atom. The maximum absolute atomic E-state index is 13.5. The number of hydrogen-bond donors (Lipinski definition) is 1. The molecule has 16 heavy (non-hydrogen) atoms. The normalized spacial score (nSPS) is 13.9. The maximum Gasteiger partial charge on any atom is 0.419 e. The van der Waals surface area contributed by atoms with Crippen LogP contribution in [-0.2, 0) is 6.18 Å². The summed E-state index contributed by atoms with van der Waals surface area (Å²) in [5.74, 6) is -1.25. The summed E-state index contributed by atoms with van der Waals surface area (Å²) < 4.78 is 50.7. The van der Waals surface area contributed by atoms with Crippen LogP contribution in [0.15, 0.2) is 18.2 Å². The summed E-state index contributed by atoms with van der Waals surface area (Å²) in [6, 6.07) is 2.51. The number of rotatable bonds is 3. The van der Waals surface area contributed by atoms with Crippen LogP contribution in [0.5, 0.6) is 0 Å². The molecule has 1 atom stereocenters. The van der Waals surface area contributed by atoms with Crippen molar-refractivity contribution < 1.29 is 17.6 Å². The van der Waals surface area contributed by atoms with Gasteiger partial charge in [0.15, 0.2) is 0 Å². The molecule has 0 unspecified atom stereocenters. The first-order valence-corrected chi connectivity index (χ1v) is 4.99. The highest BCUT2D eigenvalue weighted by molar-refractivity contribution is 5.30. The van der Waals surface area contributed by atoms with Crippen LogP contribution >= 0.6 is 0 Å². The summed E-state index contributed by atoms with van der Waals surface area (Å²) in [5, 5.41) is 0. The minimum atomic E-state index is -4.67. The van der Waals surface area contributed by atoms with Gasteiger partial charge >= 0.3 is 6.18 Å². The zero-order valence-corrected chi connectivity index (χ0v) is 8.81. The van der Waals surface area contributed by atoms with Crippen molar-refractivity contribution >= 4 is 0 Å². The van der Waals surface area contributed by atoms with Gasteiger partial charge in [0, 0.05) is 11.6 Å². The highest BCUT2D eigenvalue weighted by Gasteiger charge is 2.35. The smallest absolute Gasteiger partial charge is 0.324 e. The molecule has 0 aliphatic rings. The molecule has 0 saturated carbocycles. The van der Waals surface area contributed by atoms with Crippen molar-refractivity contribution in [3.63, 3.8) is 0 Å². The van der Waals surface area contributed by atoms with Gasteiger partial charge in [-0.05, 0) is 12.5 Å². The Hall–Kier alpha value is -1.10. The van der Waals surface area contributed by atoms with Gasteiger partial charge in [0.25, 0.3) is 0 Å². The van der Waals surface area contributed by atoms with Crippen molar-refractivity contribution in [3.8, 4) is 0 Å². The molecule has 0 aliphatic heterocycles. The second kappa shape index (κ2) is 4.82. The third-order valence-electron chi connectivity index (χ3n) is 2.33. The van der Waals surface area contributed by atoms with Crippen LogP contribution in [0, 0.1) is 5.82 Å². The third kappa shape index (κ3) is 2.72. The standard InChI is InChI=1S/C11H13F4N/c1-2-4-9(16)7-5-3-6-8(10(7)12)11(13,14)15/h3,5-6,9H,2,4,16H2,1H3/t9-/m1/s1. The van der Waals surface area contributed by atoms with Crippen molar-refractivity contribution in [2.75, 3.05) is 0 Å². The van der Waals surface area contributed by atoms with Gasteiger partial charge < -0.3 is 5.73 Å². The van der Waals surface area contributed by atoms with E-state index in [0.29, 0.717) is 12.8 Å². The second-order valence-electron chi connectivity index (χ2n) is 3.60. The Balaban J connectivity index is 3.14. The lowest BCUT2D eigenvalue weighted by molar-refractivity contribution is -0.140. The monoisotopic (exact) mass is 235 g/mol. The van der Waals surface area contributed by atoms with Crippen LogP contribution in [-0.4, -0.2) is 0 Å². The lowest BCUT2D eigenvalue weighted by Gasteiger charge is -2.15. The molecule has 0 radical (unpaired) electrons. The molecule has 0 heterocycles. The predicted molar refractivity (Wildman–Crippen MR) is 53.2 cm³/mol. The number of hydrogen-bond acceptors (Lipinski definition) is 1. The van der Waals surface area contributed by atoms with Gasteiger partial charge in [-0.15, -0.1) is 0 Å². The average molecular weight is 235 g/mol. The number of halogens is 4. The minimum Gasteiger partial charge on any atom is -0.324 e. The van der Waals surface area contributed by atoms with Gasteiger partial charge in [-0.3, -0.25) is 0 Å². The topological polar surface area (TPSA) is 26.0 Å². The largest absolute Gasteiger partial charge is 0.419 e. The van der Waals surface area contributed by atoms with E-state index in [2.05, 4.69) is 0 Å². The zero-order valence-electron chi connectivity index (χ0n) is 8.81. The van der Waals surface area contributed by atoms with Crippen LogP contribution < -0.4 is 5.73 Å². The SMILES string of the molecule is CCC[C@@H](N)c1cccc(C(F)(F)F)c1F. The van der Waals surface area contributed by atoms with Crippen molar-refractivity contribution in [2.45, 2.75) is 32.0 Å². The number of alkyl halides is 3. The Morgan fingerprint density at radius 3 is 2.44 bits per heavy atom. The van der Waals surface area contributed by atoms with Crippen molar-refractivity contribution in [3.05, 3.63) is 35.1 Å². The summed E-state index contributed by atoms with van der Waals surface area (Å²) in [6.45, 7) is 1.84. The molecule has 2 N–H and O–H groups in total. The van der Waals surface area contributed by atoms with Gasteiger partial charge in [0.2, 0.25) is 0 Å². The summed E-state index contributed by atoms with van der Waals surface area (Å²) in [5.41, 5.74) is 4.29. The molecule has 90 valence electrons. The molecule has 0 bridgehead atoms. The molecule has 0 aliphatic carbocycles. The molecule has 1 aromatic carbocycles. The van der Waals surface area contributed by atoms with Crippen LogP contribution in [0.25, 0.3) is 0 Å². The quantitative estimate of drug-likeness (QED) is 0.795. The van der Waals surface area contributed by atoms with Gasteiger partial charge in [-0.2, -0.15) is 13.2 Å². The third-order valence-corrected chi connectivity index (χ3v) is 2.33. The van der Waals surface area contributed by atoms with E-state index in [9.17, 15) is 17.6 Å². The molecule has 5 heteroatoms. The van der Waals surface area contributed by atoms with E-state index in [1.165, 1.54) is 12.1 Å². The summed E-state index contributed by atoms with van der Waals surface area (Å²) in [4.78, 5) is 0. The van der Waals surface area contributed by atoms with E-state index >= 15 is 0 Å². The Bertz CT molecular complexity index is 359. The first kappa shape index (κ1) is 13.0. The Labute approximate surface area is 91.3 Å². The first-order valence-electron chi connectivity index (χ1n) is 4.99. The highest BCUT2D eigenvalue weighted by atomic mass is 19.4. The fourth-order valence-electron chi connectivity index (χ4n) is 1.52. The second-order valence-corrected chi connectivity index (χ2v) is 3.60. The van der Waals surface area contributed by atoms with E-state index in [-0.39, 0.29) is 5.56 Å². The van der Waals surface area contributed by atoms with Crippen molar-refractivity contribution in [1.29, 1.82) is 0 Å².